The first kappa shape index (κ1) is 14.0. The molecule has 0 spiro atoms. The minimum absolute atomic E-state index is 0.530. The fourth-order valence-electron chi connectivity index (χ4n) is 3.47. The van der Waals surface area contributed by atoms with Gasteiger partial charge in [0.1, 0.15) is 0 Å². The van der Waals surface area contributed by atoms with E-state index >= 15 is 0 Å². The maximum Gasteiger partial charge on any atom is 0.0945 e. The first-order chi connectivity index (χ1) is 9.66. The van der Waals surface area contributed by atoms with Gasteiger partial charge in [-0.25, -0.2) is 4.98 Å². The van der Waals surface area contributed by atoms with Crippen LogP contribution < -0.4 is 0 Å². The lowest BCUT2D eigenvalue weighted by Gasteiger charge is -2.39. The Labute approximate surface area is 120 Å². The lowest BCUT2D eigenvalue weighted by molar-refractivity contribution is -0.0821. The third-order valence-corrected chi connectivity index (χ3v) is 4.80. The molecule has 5 heteroatoms. The number of nitrogens with zero attached hydrogens (tertiary/aromatic N) is 3. The number of rotatable bonds is 3. The smallest absolute Gasteiger partial charge is 0.0945 e. The highest BCUT2D eigenvalue weighted by Crippen LogP contribution is 2.29. The summed E-state index contributed by atoms with van der Waals surface area (Å²) in [7, 11) is 2.07. The number of likely N-dealkylation sites (tertiary alicyclic amines) is 1. The van der Waals surface area contributed by atoms with Crippen LogP contribution in [0, 0.1) is 0 Å². The number of aryl methyl sites for hydroxylation is 1. The molecule has 1 N–H and O–H groups in total. The molecule has 3 heterocycles. The molecule has 0 aliphatic carbocycles. The Morgan fingerprint density at radius 2 is 2.05 bits per heavy atom. The van der Waals surface area contributed by atoms with Crippen molar-refractivity contribution in [3.63, 3.8) is 0 Å². The van der Waals surface area contributed by atoms with Crippen LogP contribution in [-0.2, 0) is 11.8 Å². The lowest BCUT2D eigenvalue weighted by Crippen LogP contribution is -2.48. The molecule has 0 amide bonds. The summed E-state index contributed by atoms with van der Waals surface area (Å²) >= 11 is 0. The number of ether oxygens (including phenoxy) is 1. The lowest BCUT2D eigenvalue weighted by atomic mass is 9.90. The Balaban J connectivity index is 1.52. The molecule has 1 aromatic rings. The number of hydrogen-bond donors (Lipinski definition) is 1. The number of aliphatic hydroxyl groups is 1. The topological polar surface area (TPSA) is 50.5 Å². The average Bonchev–Trinajstić information content (AvgIpc) is 2.86. The van der Waals surface area contributed by atoms with Crippen LogP contribution in [-0.4, -0.2) is 58.0 Å². The molecule has 0 aromatic carbocycles. The summed E-state index contributed by atoms with van der Waals surface area (Å²) in [6.07, 6.45) is 7.74. The molecule has 2 fully saturated rings. The quantitative estimate of drug-likeness (QED) is 0.901. The zero-order chi connectivity index (χ0) is 14.0. The van der Waals surface area contributed by atoms with Gasteiger partial charge in [-0.1, -0.05) is 0 Å². The van der Waals surface area contributed by atoms with E-state index in [1.165, 1.54) is 5.69 Å². The molecule has 2 aliphatic heterocycles. The third kappa shape index (κ3) is 3.05. The van der Waals surface area contributed by atoms with Gasteiger partial charge in [-0.2, -0.15) is 0 Å². The van der Waals surface area contributed by atoms with Crippen molar-refractivity contribution in [3.05, 3.63) is 18.2 Å². The van der Waals surface area contributed by atoms with Gasteiger partial charge in [0.25, 0.3) is 0 Å². The van der Waals surface area contributed by atoms with E-state index < -0.39 is 5.60 Å². The standard InChI is InChI=1S/C15H25N3O2/c1-17-12-16-10-14(17)13-2-6-18(7-3-13)11-15(19)4-8-20-9-5-15/h10,12-13,19H,2-9,11H2,1H3. The summed E-state index contributed by atoms with van der Waals surface area (Å²) in [5.74, 6) is 0.614. The van der Waals surface area contributed by atoms with Crippen molar-refractivity contribution in [1.82, 2.24) is 14.5 Å². The number of imidazole rings is 1. The Hall–Kier alpha value is -0.910. The molecule has 1 aromatic heterocycles. The first-order valence-electron chi connectivity index (χ1n) is 7.65. The fourth-order valence-corrected chi connectivity index (χ4v) is 3.47. The van der Waals surface area contributed by atoms with Crippen LogP contribution in [0.4, 0.5) is 0 Å². The normalized spacial score (nSPS) is 24.9. The SMILES string of the molecule is Cn1cncc1C1CCN(CC2(O)CCOCC2)CC1. The van der Waals surface area contributed by atoms with E-state index in [1.54, 1.807) is 0 Å². The summed E-state index contributed by atoms with van der Waals surface area (Å²) in [5.41, 5.74) is 0.812. The molecule has 5 nitrogen and oxygen atoms in total. The summed E-state index contributed by atoms with van der Waals surface area (Å²) in [4.78, 5) is 6.63. The molecule has 0 saturated carbocycles. The van der Waals surface area contributed by atoms with Crippen LogP contribution in [0.3, 0.4) is 0 Å². The monoisotopic (exact) mass is 279 g/mol. The van der Waals surface area contributed by atoms with E-state index in [9.17, 15) is 5.11 Å². The van der Waals surface area contributed by atoms with E-state index in [0.717, 1.165) is 45.3 Å². The second-order valence-corrected chi connectivity index (χ2v) is 6.32. The molecule has 0 atom stereocenters. The fraction of sp³-hybridized carbons (Fsp3) is 0.800. The molecular weight excluding hydrogens is 254 g/mol. The Kier molecular flexibility index (Phi) is 4.10. The highest BCUT2D eigenvalue weighted by Gasteiger charge is 2.33. The Morgan fingerprint density at radius 3 is 2.65 bits per heavy atom. The van der Waals surface area contributed by atoms with Gasteiger partial charge in [-0.3, -0.25) is 0 Å². The van der Waals surface area contributed by atoms with E-state index in [-0.39, 0.29) is 0 Å². The molecule has 2 aliphatic rings. The molecule has 0 bridgehead atoms. The van der Waals surface area contributed by atoms with Gasteiger partial charge in [0, 0.05) is 57.5 Å². The third-order valence-electron chi connectivity index (χ3n) is 4.80. The van der Waals surface area contributed by atoms with Gasteiger partial charge in [0.2, 0.25) is 0 Å². The van der Waals surface area contributed by atoms with Crippen LogP contribution in [0.1, 0.15) is 37.3 Å². The van der Waals surface area contributed by atoms with Crippen molar-refractivity contribution >= 4 is 0 Å². The molecular formula is C15H25N3O2. The van der Waals surface area contributed by atoms with Gasteiger partial charge in [0.05, 0.1) is 11.9 Å². The van der Waals surface area contributed by atoms with Gasteiger partial charge in [0.15, 0.2) is 0 Å². The van der Waals surface area contributed by atoms with Crippen LogP contribution in [0.2, 0.25) is 0 Å². The van der Waals surface area contributed by atoms with Crippen molar-refractivity contribution in [2.24, 2.45) is 7.05 Å². The second kappa shape index (κ2) is 5.84. The van der Waals surface area contributed by atoms with Crippen molar-refractivity contribution in [2.75, 3.05) is 32.8 Å². The highest BCUT2D eigenvalue weighted by atomic mass is 16.5. The summed E-state index contributed by atoms with van der Waals surface area (Å²) in [6, 6.07) is 0. The summed E-state index contributed by atoms with van der Waals surface area (Å²) in [5, 5.41) is 10.6. The number of aromatic nitrogens is 2. The average molecular weight is 279 g/mol. The maximum atomic E-state index is 10.6. The van der Waals surface area contributed by atoms with Gasteiger partial charge in [-0.15, -0.1) is 0 Å². The van der Waals surface area contributed by atoms with E-state index in [2.05, 4.69) is 21.5 Å². The predicted octanol–water partition coefficient (Wildman–Crippen LogP) is 1.14. The summed E-state index contributed by atoms with van der Waals surface area (Å²) in [6.45, 7) is 4.33. The van der Waals surface area contributed by atoms with Crippen LogP contribution in [0.25, 0.3) is 0 Å². The maximum absolute atomic E-state index is 10.6. The zero-order valence-corrected chi connectivity index (χ0v) is 12.3. The second-order valence-electron chi connectivity index (χ2n) is 6.32. The molecule has 112 valence electrons. The van der Waals surface area contributed by atoms with E-state index in [0.29, 0.717) is 19.1 Å². The molecule has 0 unspecified atom stereocenters. The minimum atomic E-state index is -0.530. The zero-order valence-electron chi connectivity index (χ0n) is 12.3. The van der Waals surface area contributed by atoms with Crippen molar-refractivity contribution < 1.29 is 9.84 Å². The van der Waals surface area contributed by atoms with Gasteiger partial charge < -0.3 is 19.3 Å². The van der Waals surface area contributed by atoms with Crippen molar-refractivity contribution in [2.45, 2.75) is 37.2 Å². The Morgan fingerprint density at radius 1 is 1.35 bits per heavy atom. The predicted molar refractivity (Wildman–Crippen MR) is 76.6 cm³/mol. The first-order valence-corrected chi connectivity index (χ1v) is 7.65. The minimum Gasteiger partial charge on any atom is -0.388 e. The number of β-amino-alcohol motifs (C(OH)–C–C–N with tert-alkyl or cyclic N) is 1. The van der Waals surface area contributed by atoms with Gasteiger partial charge in [-0.05, 0) is 25.9 Å². The Bertz CT molecular complexity index is 432. The van der Waals surface area contributed by atoms with Gasteiger partial charge >= 0.3 is 0 Å². The molecule has 3 rings (SSSR count). The van der Waals surface area contributed by atoms with Crippen molar-refractivity contribution in [3.8, 4) is 0 Å². The van der Waals surface area contributed by atoms with E-state index in [4.69, 9.17) is 4.74 Å². The highest BCUT2D eigenvalue weighted by molar-refractivity contribution is 5.07. The number of piperidine rings is 1. The van der Waals surface area contributed by atoms with Crippen LogP contribution >= 0.6 is 0 Å². The molecule has 2 saturated heterocycles. The number of hydrogen-bond acceptors (Lipinski definition) is 4. The van der Waals surface area contributed by atoms with E-state index in [1.807, 2.05) is 12.5 Å². The largest absolute Gasteiger partial charge is 0.388 e. The van der Waals surface area contributed by atoms with Crippen molar-refractivity contribution in [1.29, 1.82) is 0 Å². The molecule has 20 heavy (non-hydrogen) atoms. The summed E-state index contributed by atoms with van der Waals surface area (Å²) < 4.78 is 7.48. The van der Waals surface area contributed by atoms with Crippen LogP contribution in [0.5, 0.6) is 0 Å². The molecule has 0 radical (unpaired) electrons. The van der Waals surface area contributed by atoms with Crippen LogP contribution in [0.15, 0.2) is 12.5 Å².